The Hall–Kier alpha value is -1.32. The summed E-state index contributed by atoms with van der Waals surface area (Å²) in [5.74, 6) is 0. The number of hydrogen-bond donors (Lipinski definition) is 1. The van der Waals surface area contributed by atoms with Gasteiger partial charge in [-0.3, -0.25) is 4.90 Å². The molecular formula is C16H23N3. The van der Waals surface area contributed by atoms with Crippen molar-refractivity contribution in [3.63, 3.8) is 0 Å². The first-order valence-electron chi connectivity index (χ1n) is 7.29. The van der Waals surface area contributed by atoms with Crippen molar-refractivity contribution < 1.29 is 0 Å². The second-order valence-electron chi connectivity index (χ2n) is 5.48. The van der Waals surface area contributed by atoms with Gasteiger partial charge in [0.25, 0.3) is 0 Å². The fourth-order valence-electron chi connectivity index (χ4n) is 3.01. The number of hydrogen-bond acceptors (Lipinski definition) is 2. The molecule has 3 nitrogen and oxygen atoms in total. The highest BCUT2D eigenvalue weighted by Crippen LogP contribution is 2.22. The van der Waals surface area contributed by atoms with E-state index in [1.54, 1.807) is 0 Å². The molecule has 1 fully saturated rings. The molecule has 102 valence electrons. The molecule has 1 saturated heterocycles. The molecule has 1 aliphatic heterocycles. The number of benzene rings is 1. The van der Waals surface area contributed by atoms with Crippen molar-refractivity contribution in [1.29, 1.82) is 0 Å². The number of aryl methyl sites for hydroxylation is 2. The molecule has 0 atom stereocenters. The lowest BCUT2D eigenvalue weighted by Crippen LogP contribution is -2.42. The largest absolute Gasteiger partial charge is 0.347 e. The Morgan fingerprint density at radius 2 is 2.00 bits per heavy atom. The molecule has 3 heteroatoms. The van der Waals surface area contributed by atoms with Gasteiger partial charge in [-0.15, -0.1) is 0 Å². The van der Waals surface area contributed by atoms with E-state index in [1.807, 2.05) is 0 Å². The van der Waals surface area contributed by atoms with E-state index in [0.717, 1.165) is 39.3 Å². The van der Waals surface area contributed by atoms with Crippen LogP contribution in [0.25, 0.3) is 10.9 Å². The van der Waals surface area contributed by atoms with Crippen molar-refractivity contribution in [1.82, 2.24) is 14.8 Å². The summed E-state index contributed by atoms with van der Waals surface area (Å²) < 4.78 is 2.35. The number of nitrogens with one attached hydrogen (secondary N) is 1. The van der Waals surface area contributed by atoms with Gasteiger partial charge >= 0.3 is 0 Å². The van der Waals surface area contributed by atoms with Crippen LogP contribution in [0.5, 0.6) is 0 Å². The molecule has 0 amide bonds. The third-order valence-corrected chi connectivity index (χ3v) is 4.10. The Morgan fingerprint density at radius 1 is 1.21 bits per heavy atom. The number of aromatic nitrogens is 1. The summed E-state index contributed by atoms with van der Waals surface area (Å²) in [7, 11) is 0. The van der Waals surface area contributed by atoms with Gasteiger partial charge in [-0.1, -0.05) is 12.1 Å². The topological polar surface area (TPSA) is 20.2 Å². The van der Waals surface area contributed by atoms with Crippen molar-refractivity contribution >= 4 is 10.9 Å². The van der Waals surface area contributed by atoms with Crippen LogP contribution in [0.1, 0.15) is 18.1 Å². The van der Waals surface area contributed by atoms with Gasteiger partial charge in [0.1, 0.15) is 0 Å². The third kappa shape index (κ3) is 2.53. The van der Waals surface area contributed by atoms with E-state index in [4.69, 9.17) is 0 Å². The molecule has 0 radical (unpaired) electrons. The van der Waals surface area contributed by atoms with Crippen LogP contribution < -0.4 is 5.32 Å². The molecule has 0 saturated carbocycles. The monoisotopic (exact) mass is 257 g/mol. The van der Waals surface area contributed by atoms with Crippen molar-refractivity contribution in [2.24, 2.45) is 0 Å². The minimum absolute atomic E-state index is 1.04. The summed E-state index contributed by atoms with van der Waals surface area (Å²) in [5.41, 5.74) is 4.19. The van der Waals surface area contributed by atoms with Crippen molar-refractivity contribution in [3.8, 4) is 0 Å². The van der Waals surface area contributed by atoms with Gasteiger partial charge in [0.2, 0.25) is 0 Å². The number of piperazine rings is 1. The van der Waals surface area contributed by atoms with Crippen LogP contribution >= 0.6 is 0 Å². The summed E-state index contributed by atoms with van der Waals surface area (Å²) >= 11 is 0. The van der Waals surface area contributed by atoms with Gasteiger partial charge < -0.3 is 9.88 Å². The SMILES string of the molecule is CCn1cc(C)c2ccc(CN3CCNCC3)cc21. The van der Waals surface area contributed by atoms with Crippen LogP contribution in [0.2, 0.25) is 0 Å². The van der Waals surface area contributed by atoms with E-state index in [-0.39, 0.29) is 0 Å². The van der Waals surface area contributed by atoms with Gasteiger partial charge in [-0.25, -0.2) is 0 Å². The molecule has 19 heavy (non-hydrogen) atoms. The second-order valence-corrected chi connectivity index (χ2v) is 5.48. The first kappa shape index (κ1) is 12.7. The Bertz CT molecular complexity index is 565. The van der Waals surface area contributed by atoms with Crippen molar-refractivity contribution in [3.05, 3.63) is 35.5 Å². The summed E-state index contributed by atoms with van der Waals surface area (Å²) in [6, 6.07) is 6.94. The first-order valence-corrected chi connectivity index (χ1v) is 7.29. The standard InChI is InChI=1S/C16H23N3/c1-3-19-11-13(2)15-5-4-14(10-16(15)19)12-18-8-6-17-7-9-18/h4-5,10-11,17H,3,6-9,12H2,1-2H3. The molecule has 0 bridgehead atoms. The Kier molecular flexibility index (Phi) is 3.58. The average molecular weight is 257 g/mol. The van der Waals surface area contributed by atoms with Gasteiger partial charge in [-0.2, -0.15) is 0 Å². The van der Waals surface area contributed by atoms with Crippen LogP contribution in [-0.4, -0.2) is 35.6 Å². The lowest BCUT2D eigenvalue weighted by molar-refractivity contribution is 0.233. The molecule has 0 aliphatic carbocycles. The van der Waals surface area contributed by atoms with Gasteiger partial charge in [0, 0.05) is 56.4 Å². The maximum absolute atomic E-state index is 3.41. The molecular weight excluding hydrogens is 234 g/mol. The Balaban J connectivity index is 1.87. The molecule has 1 aliphatic rings. The molecule has 0 unspecified atom stereocenters. The predicted octanol–water partition coefficient (Wildman–Crippen LogP) is 2.37. The first-order chi connectivity index (χ1) is 9.28. The maximum atomic E-state index is 3.41. The van der Waals surface area contributed by atoms with E-state index in [2.05, 4.69) is 53.0 Å². The zero-order valence-electron chi connectivity index (χ0n) is 11.9. The highest BCUT2D eigenvalue weighted by atomic mass is 15.2. The fourth-order valence-corrected chi connectivity index (χ4v) is 3.01. The number of nitrogens with zero attached hydrogens (tertiary/aromatic N) is 2. The summed E-state index contributed by atoms with van der Waals surface area (Å²) in [5, 5.41) is 4.80. The van der Waals surface area contributed by atoms with Gasteiger partial charge in [0.15, 0.2) is 0 Å². The molecule has 2 aromatic rings. The summed E-state index contributed by atoms with van der Waals surface area (Å²) in [6.45, 7) is 11.1. The molecule has 3 rings (SSSR count). The predicted molar refractivity (Wildman–Crippen MR) is 80.5 cm³/mol. The van der Waals surface area contributed by atoms with E-state index >= 15 is 0 Å². The Labute approximate surface area is 115 Å². The van der Waals surface area contributed by atoms with Crippen molar-refractivity contribution in [2.45, 2.75) is 26.9 Å². The van der Waals surface area contributed by atoms with E-state index in [9.17, 15) is 0 Å². The van der Waals surface area contributed by atoms with Gasteiger partial charge in [0.05, 0.1) is 0 Å². The molecule has 2 heterocycles. The van der Waals surface area contributed by atoms with E-state index in [1.165, 1.54) is 22.0 Å². The summed E-state index contributed by atoms with van der Waals surface area (Å²) in [6.07, 6.45) is 2.26. The molecule has 1 aromatic heterocycles. The molecule has 0 spiro atoms. The van der Waals surface area contributed by atoms with Crippen LogP contribution in [0.15, 0.2) is 24.4 Å². The maximum Gasteiger partial charge on any atom is 0.0486 e. The lowest BCUT2D eigenvalue weighted by Gasteiger charge is -2.27. The number of rotatable bonds is 3. The fraction of sp³-hybridized carbons (Fsp3) is 0.500. The van der Waals surface area contributed by atoms with Crippen molar-refractivity contribution in [2.75, 3.05) is 26.2 Å². The smallest absolute Gasteiger partial charge is 0.0486 e. The minimum Gasteiger partial charge on any atom is -0.347 e. The quantitative estimate of drug-likeness (QED) is 0.911. The zero-order chi connectivity index (χ0) is 13.2. The second kappa shape index (κ2) is 5.35. The minimum atomic E-state index is 1.04. The average Bonchev–Trinajstić information content (AvgIpc) is 2.76. The van der Waals surface area contributed by atoms with Gasteiger partial charge in [-0.05, 0) is 31.0 Å². The third-order valence-electron chi connectivity index (χ3n) is 4.10. The zero-order valence-corrected chi connectivity index (χ0v) is 11.9. The van der Waals surface area contributed by atoms with E-state index < -0.39 is 0 Å². The Morgan fingerprint density at radius 3 is 2.74 bits per heavy atom. The highest BCUT2D eigenvalue weighted by Gasteiger charge is 2.11. The number of fused-ring (bicyclic) bond motifs is 1. The summed E-state index contributed by atoms with van der Waals surface area (Å²) in [4.78, 5) is 2.53. The lowest BCUT2D eigenvalue weighted by atomic mass is 10.1. The van der Waals surface area contributed by atoms with Crippen LogP contribution in [0, 0.1) is 6.92 Å². The van der Waals surface area contributed by atoms with Crippen LogP contribution in [0.4, 0.5) is 0 Å². The highest BCUT2D eigenvalue weighted by molar-refractivity contribution is 5.84. The normalized spacial score (nSPS) is 17.2. The van der Waals surface area contributed by atoms with Crippen LogP contribution in [-0.2, 0) is 13.1 Å². The van der Waals surface area contributed by atoms with E-state index in [0.29, 0.717) is 0 Å². The molecule has 1 N–H and O–H groups in total. The molecule has 1 aromatic carbocycles. The van der Waals surface area contributed by atoms with Crippen LogP contribution in [0.3, 0.4) is 0 Å².